The number of aryl methyl sites for hydroxylation is 1. The Kier molecular flexibility index (Phi) is 4.39. The molecule has 1 aromatic heterocycles. The smallest absolute Gasteiger partial charge is 0.379 e. The summed E-state index contributed by atoms with van der Waals surface area (Å²) in [6.07, 6.45) is -5.23. The second kappa shape index (κ2) is 6.46. The first kappa shape index (κ1) is 19.7. The summed E-state index contributed by atoms with van der Waals surface area (Å²) in [6, 6.07) is 14.7. The van der Waals surface area contributed by atoms with Gasteiger partial charge in [-0.1, -0.05) is 44.2 Å². The Morgan fingerprint density at radius 2 is 1.76 bits per heavy atom. The third-order valence-corrected chi connectivity index (χ3v) is 5.85. The molecule has 0 saturated heterocycles. The summed E-state index contributed by atoms with van der Waals surface area (Å²) in [5.41, 5.74) is -0.443. The maximum absolute atomic E-state index is 14.2. The Bertz CT molecular complexity index is 1080. The highest BCUT2D eigenvalue weighted by molar-refractivity contribution is 5.91. The summed E-state index contributed by atoms with van der Waals surface area (Å²) in [5.74, 6) is 0. The molecule has 1 heterocycles. The molecule has 2 aromatic carbocycles. The van der Waals surface area contributed by atoms with E-state index in [0.29, 0.717) is 22.2 Å². The molecule has 1 aliphatic carbocycles. The van der Waals surface area contributed by atoms with Crippen LogP contribution >= 0.6 is 0 Å². The third-order valence-electron chi connectivity index (χ3n) is 5.85. The molecular weight excluding hydrogens is 377 g/mol. The van der Waals surface area contributed by atoms with Crippen LogP contribution in [0.2, 0.25) is 0 Å². The van der Waals surface area contributed by atoms with Crippen LogP contribution in [0.3, 0.4) is 0 Å². The van der Waals surface area contributed by atoms with Crippen molar-refractivity contribution >= 4 is 16.6 Å². The normalized spacial score (nSPS) is 23.6. The van der Waals surface area contributed by atoms with Crippen molar-refractivity contribution in [3.63, 3.8) is 0 Å². The molecule has 0 amide bonds. The highest BCUT2D eigenvalue weighted by Gasteiger charge is 2.63. The molecule has 0 saturated carbocycles. The maximum Gasteiger partial charge on any atom is 0.419 e. The van der Waals surface area contributed by atoms with Gasteiger partial charge in [0.25, 0.3) is 0 Å². The van der Waals surface area contributed by atoms with E-state index in [-0.39, 0.29) is 0 Å². The summed E-state index contributed by atoms with van der Waals surface area (Å²) >= 11 is 0. The Morgan fingerprint density at radius 3 is 2.48 bits per heavy atom. The number of benzene rings is 2. The number of hydrogen-bond donors (Lipinski definition) is 2. The number of fused-ring (bicyclic) bond motifs is 2. The lowest BCUT2D eigenvalue weighted by atomic mass is 9.63. The van der Waals surface area contributed by atoms with E-state index in [4.69, 9.17) is 0 Å². The van der Waals surface area contributed by atoms with Crippen LogP contribution in [0.4, 0.5) is 18.9 Å². The largest absolute Gasteiger partial charge is 0.419 e. The molecule has 0 spiro atoms. The molecule has 2 atom stereocenters. The van der Waals surface area contributed by atoms with Crippen molar-refractivity contribution in [3.05, 3.63) is 71.4 Å². The van der Waals surface area contributed by atoms with Gasteiger partial charge < -0.3 is 10.4 Å². The molecule has 3 nitrogen and oxygen atoms in total. The van der Waals surface area contributed by atoms with Gasteiger partial charge in [-0.15, -0.1) is 0 Å². The second-order valence-electron chi connectivity index (χ2n) is 8.47. The number of anilines is 1. The van der Waals surface area contributed by atoms with Crippen molar-refractivity contribution in [2.75, 3.05) is 5.32 Å². The van der Waals surface area contributed by atoms with Gasteiger partial charge in [-0.05, 0) is 54.2 Å². The van der Waals surface area contributed by atoms with Gasteiger partial charge in [-0.25, -0.2) is 0 Å². The molecule has 0 radical (unpaired) electrons. The summed E-state index contributed by atoms with van der Waals surface area (Å²) in [5, 5.41) is 14.8. The number of alkyl halides is 3. The van der Waals surface area contributed by atoms with Crippen LogP contribution in [0, 0.1) is 6.92 Å². The van der Waals surface area contributed by atoms with Gasteiger partial charge in [0.15, 0.2) is 5.60 Å². The monoisotopic (exact) mass is 400 g/mol. The third kappa shape index (κ3) is 3.15. The molecule has 152 valence electrons. The van der Waals surface area contributed by atoms with Crippen molar-refractivity contribution in [1.29, 1.82) is 0 Å². The fourth-order valence-electron chi connectivity index (χ4n) is 4.49. The minimum Gasteiger partial charge on any atom is -0.379 e. The highest BCUT2D eigenvalue weighted by atomic mass is 19.4. The van der Waals surface area contributed by atoms with Crippen LogP contribution in [0.15, 0.2) is 54.6 Å². The molecule has 29 heavy (non-hydrogen) atoms. The topological polar surface area (TPSA) is 45.1 Å². The van der Waals surface area contributed by atoms with E-state index >= 15 is 0 Å². The number of nitrogens with one attached hydrogen (secondary N) is 1. The van der Waals surface area contributed by atoms with Crippen LogP contribution in [0.1, 0.15) is 43.1 Å². The summed E-state index contributed by atoms with van der Waals surface area (Å²) in [7, 11) is 0. The first-order valence-electron chi connectivity index (χ1n) is 9.54. The summed E-state index contributed by atoms with van der Waals surface area (Å²) < 4.78 is 42.5. The van der Waals surface area contributed by atoms with Crippen LogP contribution < -0.4 is 5.32 Å². The molecule has 1 aliphatic rings. The van der Waals surface area contributed by atoms with Crippen LogP contribution in [-0.4, -0.2) is 21.9 Å². The van der Waals surface area contributed by atoms with Crippen molar-refractivity contribution in [1.82, 2.24) is 4.98 Å². The molecule has 2 N–H and O–H groups in total. The van der Waals surface area contributed by atoms with Gasteiger partial charge in [0.2, 0.25) is 0 Å². The van der Waals surface area contributed by atoms with Crippen LogP contribution in [-0.2, 0) is 5.41 Å². The molecule has 2 unspecified atom stereocenters. The molecule has 0 bridgehead atoms. The molecule has 6 heteroatoms. The van der Waals surface area contributed by atoms with E-state index in [1.54, 1.807) is 38.1 Å². The van der Waals surface area contributed by atoms with E-state index in [0.717, 1.165) is 11.3 Å². The van der Waals surface area contributed by atoms with Crippen LogP contribution in [0.25, 0.3) is 10.9 Å². The zero-order valence-corrected chi connectivity index (χ0v) is 16.5. The summed E-state index contributed by atoms with van der Waals surface area (Å²) in [4.78, 5) is 4.46. The number of hydrogen-bond acceptors (Lipinski definition) is 3. The van der Waals surface area contributed by atoms with Gasteiger partial charge >= 0.3 is 6.18 Å². The van der Waals surface area contributed by atoms with Gasteiger partial charge in [-0.2, -0.15) is 13.2 Å². The first-order valence-corrected chi connectivity index (χ1v) is 9.54. The zero-order valence-electron chi connectivity index (χ0n) is 16.5. The van der Waals surface area contributed by atoms with Gasteiger partial charge in [0, 0.05) is 16.8 Å². The number of rotatable bonds is 2. The lowest BCUT2D eigenvalue weighted by molar-refractivity contribution is -0.275. The average molecular weight is 400 g/mol. The van der Waals surface area contributed by atoms with Gasteiger partial charge in [0.05, 0.1) is 11.6 Å². The highest BCUT2D eigenvalue weighted by Crippen LogP contribution is 2.54. The maximum atomic E-state index is 14.2. The lowest BCUT2D eigenvalue weighted by Crippen LogP contribution is -2.58. The Balaban J connectivity index is 1.90. The van der Waals surface area contributed by atoms with Crippen molar-refractivity contribution < 1.29 is 18.3 Å². The van der Waals surface area contributed by atoms with E-state index in [9.17, 15) is 18.3 Å². The summed E-state index contributed by atoms with van der Waals surface area (Å²) in [6.45, 7) is 5.34. The zero-order chi connectivity index (χ0) is 21.0. The minimum absolute atomic E-state index is 0.430. The Hall–Kier alpha value is -2.60. The SMILES string of the molecule is Cc1ccc2c(NC3c4ccccc4C(C)(C)CC3(O)C(F)(F)F)cccc2n1. The fourth-order valence-corrected chi connectivity index (χ4v) is 4.49. The van der Waals surface area contributed by atoms with E-state index < -0.39 is 29.7 Å². The Morgan fingerprint density at radius 1 is 1.03 bits per heavy atom. The molecular formula is C23H23F3N2O. The van der Waals surface area contributed by atoms with E-state index in [1.807, 2.05) is 37.3 Å². The van der Waals surface area contributed by atoms with Crippen molar-refractivity contribution in [2.24, 2.45) is 0 Å². The molecule has 4 rings (SSSR count). The predicted molar refractivity (Wildman–Crippen MR) is 108 cm³/mol. The second-order valence-corrected chi connectivity index (χ2v) is 8.47. The van der Waals surface area contributed by atoms with Gasteiger partial charge in [0.1, 0.15) is 0 Å². The molecule has 0 fully saturated rings. The first-order chi connectivity index (χ1) is 13.5. The quantitative estimate of drug-likeness (QED) is 0.582. The number of nitrogens with zero attached hydrogens (tertiary/aromatic N) is 1. The Labute approximate surface area is 167 Å². The molecule has 0 aliphatic heterocycles. The molecule has 3 aromatic rings. The number of pyridine rings is 1. The lowest BCUT2D eigenvalue weighted by Gasteiger charge is -2.49. The van der Waals surface area contributed by atoms with Crippen LogP contribution in [0.5, 0.6) is 0 Å². The predicted octanol–water partition coefficient (Wildman–Crippen LogP) is 5.67. The van der Waals surface area contributed by atoms with E-state index in [1.165, 1.54) is 0 Å². The standard InChI is InChI=1S/C23H23F3N2O/c1-14-11-12-16-18(27-14)9-6-10-19(16)28-20-15-7-4-5-8-17(15)21(2,3)13-22(20,29)23(24,25)26/h4-12,20,28-29H,13H2,1-3H3. The number of halogens is 3. The number of aromatic nitrogens is 1. The van der Waals surface area contributed by atoms with Crippen molar-refractivity contribution in [2.45, 2.75) is 50.4 Å². The van der Waals surface area contributed by atoms with Gasteiger partial charge in [-0.3, -0.25) is 4.98 Å². The average Bonchev–Trinajstić information content (AvgIpc) is 2.63. The minimum atomic E-state index is -4.80. The van der Waals surface area contributed by atoms with Crippen molar-refractivity contribution in [3.8, 4) is 0 Å². The number of aliphatic hydroxyl groups is 1. The fraction of sp³-hybridized carbons (Fsp3) is 0.348. The van der Waals surface area contributed by atoms with E-state index in [2.05, 4.69) is 10.3 Å².